The molecular weight excluding hydrogens is 679 g/mol. The van der Waals surface area contributed by atoms with Gasteiger partial charge >= 0.3 is 12.1 Å². The second kappa shape index (κ2) is 23.0. The van der Waals surface area contributed by atoms with Crippen LogP contribution in [0.4, 0.5) is 9.59 Å². The molecule has 0 spiro atoms. The number of carbonyl (C=O) groups excluding carboxylic acids is 2. The highest BCUT2D eigenvalue weighted by Gasteiger charge is 2.28. The highest BCUT2D eigenvalue weighted by molar-refractivity contribution is 6.10. The summed E-state index contributed by atoms with van der Waals surface area (Å²) in [7, 11) is 0. The average Bonchev–Trinajstić information content (AvgIpc) is 3.03. The molecule has 13 heteroatoms. The quantitative estimate of drug-likeness (QED) is 0.147. The Labute approximate surface area is 328 Å². The molecule has 1 aromatic heterocycles. The van der Waals surface area contributed by atoms with E-state index in [4.69, 9.17) is 25.0 Å². The molecule has 0 aromatic carbocycles. The standard InChI is InChI=1S/C41H75N11O2/c1-19-24-42-36(45-38(49(26(3)4)27(5)6)47-40(53)51(30(11)12)31(13)14)34-22-21-23-35(44-34)37(43-25-20-2)46-39(50(28(7)8)29(9)10)48-41(54)52(32(15)16)33(17)18/h21-23,26-33H,19-20,24-25H2,1-18H3,(H,42,45,47,53)(H,43,46,48,54). The molecule has 0 aliphatic carbocycles. The molecule has 1 heterocycles. The Bertz CT molecular complexity index is 1310. The van der Waals surface area contributed by atoms with Crippen LogP contribution < -0.4 is 10.6 Å². The van der Waals surface area contributed by atoms with Crippen LogP contribution in [-0.4, -0.2) is 122 Å². The lowest BCUT2D eigenvalue weighted by Crippen LogP contribution is -2.56. The van der Waals surface area contributed by atoms with Crippen molar-refractivity contribution in [3.05, 3.63) is 29.6 Å². The van der Waals surface area contributed by atoms with Gasteiger partial charge in [0.15, 0.2) is 11.7 Å². The number of nitrogens with one attached hydrogen (secondary N) is 2. The summed E-state index contributed by atoms with van der Waals surface area (Å²) >= 11 is 0. The average molecular weight is 754 g/mol. The lowest BCUT2D eigenvalue weighted by atomic mass is 10.2. The van der Waals surface area contributed by atoms with Crippen LogP contribution in [0.1, 0.15) is 149 Å². The van der Waals surface area contributed by atoms with Gasteiger partial charge in [-0.05, 0) is 136 Å². The highest BCUT2D eigenvalue weighted by Crippen LogP contribution is 2.14. The Hall–Kier alpha value is -4.03. The highest BCUT2D eigenvalue weighted by atomic mass is 16.2. The molecule has 1 rings (SSSR count). The maximum atomic E-state index is 13.8. The minimum absolute atomic E-state index is 0.0124. The van der Waals surface area contributed by atoms with E-state index < -0.39 is 0 Å². The van der Waals surface area contributed by atoms with Crippen molar-refractivity contribution in [3.8, 4) is 0 Å². The molecule has 0 saturated carbocycles. The van der Waals surface area contributed by atoms with E-state index in [1.54, 1.807) is 9.80 Å². The van der Waals surface area contributed by atoms with Crippen molar-refractivity contribution >= 4 is 35.7 Å². The van der Waals surface area contributed by atoms with E-state index >= 15 is 0 Å². The first-order chi connectivity index (χ1) is 25.2. The van der Waals surface area contributed by atoms with E-state index in [1.807, 2.05) is 73.6 Å². The van der Waals surface area contributed by atoms with Gasteiger partial charge in [0.1, 0.15) is 11.4 Å². The molecule has 4 amide bonds. The van der Waals surface area contributed by atoms with Gasteiger partial charge < -0.3 is 19.6 Å². The van der Waals surface area contributed by atoms with Crippen molar-refractivity contribution in [1.82, 2.24) is 35.2 Å². The number of pyridine rings is 1. The second-order valence-corrected chi connectivity index (χ2v) is 15.9. The predicted octanol–water partition coefficient (Wildman–Crippen LogP) is 8.00. The largest absolute Gasteiger partial charge is 0.337 e. The van der Waals surface area contributed by atoms with Gasteiger partial charge in [-0.3, -0.25) is 20.6 Å². The van der Waals surface area contributed by atoms with Crippen molar-refractivity contribution < 1.29 is 9.59 Å². The second-order valence-electron chi connectivity index (χ2n) is 15.9. The van der Waals surface area contributed by atoms with Crippen LogP contribution in [0.5, 0.6) is 0 Å². The Morgan fingerprint density at radius 2 is 0.796 bits per heavy atom. The van der Waals surface area contributed by atoms with Gasteiger partial charge in [-0.1, -0.05) is 19.9 Å². The van der Waals surface area contributed by atoms with Gasteiger partial charge in [0.25, 0.3) is 0 Å². The number of amides is 4. The fraction of sp³-hybridized carbons (Fsp3) is 0.732. The van der Waals surface area contributed by atoms with Crippen LogP contribution in [0.15, 0.2) is 38.2 Å². The number of hydrogen-bond donors (Lipinski definition) is 2. The van der Waals surface area contributed by atoms with Crippen molar-refractivity contribution in [2.24, 2.45) is 20.0 Å². The topological polar surface area (TPSA) is 133 Å². The van der Waals surface area contributed by atoms with E-state index in [9.17, 15) is 9.59 Å². The van der Waals surface area contributed by atoms with Gasteiger partial charge in [0.05, 0.1) is 0 Å². The minimum atomic E-state index is -0.229. The molecule has 0 aliphatic rings. The van der Waals surface area contributed by atoms with Crippen LogP contribution in [0, 0.1) is 0 Å². The lowest BCUT2D eigenvalue weighted by molar-refractivity contribution is 0.166. The van der Waals surface area contributed by atoms with Crippen LogP contribution in [0.2, 0.25) is 0 Å². The van der Waals surface area contributed by atoms with E-state index in [1.165, 1.54) is 0 Å². The Morgan fingerprint density at radius 1 is 0.519 bits per heavy atom. The molecule has 54 heavy (non-hydrogen) atoms. The van der Waals surface area contributed by atoms with Gasteiger partial charge in [-0.15, -0.1) is 0 Å². The molecule has 0 saturated heterocycles. The molecule has 0 aliphatic heterocycles. The fourth-order valence-electron chi connectivity index (χ4n) is 6.59. The number of aromatic nitrogens is 1. The van der Waals surface area contributed by atoms with Crippen molar-refractivity contribution in [1.29, 1.82) is 0 Å². The Kier molecular flexibility index (Phi) is 20.5. The third-order valence-corrected chi connectivity index (χ3v) is 8.45. The maximum Gasteiger partial charge on any atom is 0.324 e. The zero-order chi connectivity index (χ0) is 41.4. The number of urea groups is 2. The number of aliphatic imine (C=N–C) groups is 4. The van der Waals surface area contributed by atoms with Crippen molar-refractivity contribution in [3.63, 3.8) is 0 Å². The molecule has 2 N–H and O–H groups in total. The van der Waals surface area contributed by atoms with Gasteiger partial charge in [0, 0.05) is 61.4 Å². The predicted molar refractivity (Wildman–Crippen MR) is 228 cm³/mol. The summed E-state index contributed by atoms with van der Waals surface area (Å²) in [6.07, 6.45) is 1.60. The van der Waals surface area contributed by atoms with E-state index in [0.717, 1.165) is 12.8 Å². The first-order valence-electron chi connectivity index (χ1n) is 20.2. The molecule has 0 fully saturated rings. The van der Waals surface area contributed by atoms with Crippen molar-refractivity contribution in [2.75, 3.05) is 13.1 Å². The number of guanidine groups is 2. The van der Waals surface area contributed by atoms with E-state index in [0.29, 0.717) is 48.1 Å². The van der Waals surface area contributed by atoms with Gasteiger partial charge in [-0.25, -0.2) is 14.6 Å². The third kappa shape index (κ3) is 14.3. The first kappa shape index (κ1) is 48.0. The lowest BCUT2D eigenvalue weighted by Gasteiger charge is -2.36. The summed E-state index contributed by atoms with van der Waals surface area (Å²) in [6.45, 7) is 37.8. The Balaban J connectivity index is 4.11. The number of nitrogens with zero attached hydrogens (tertiary/aromatic N) is 9. The van der Waals surface area contributed by atoms with E-state index in [2.05, 4.69) is 89.7 Å². The fourth-order valence-corrected chi connectivity index (χ4v) is 6.59. The van der Waals surface area contributed by atoms with Crippen LogP contribution >= 0.6 is 0 Å². The number of rotatable bonds is 14. The molecule has 0 unspecified atom stereocenters. The SMILES string of the molecule is CCCN=C(N=C(NC(=O)N(C(C)C)C(C)C)N(C(C)C)C(C)C)c1cccc(C(=NCCC)N=C(NC(=O)N(C(C)C)C(C)C)N(C(C)C)C(C)C)n1. The van der Waals surface area contributed by atoms with Crippen molar-refractivity contribution in [2.45, 2.75) is 186 Å². The molecule has 1 aromatic rings. The molecular formula is C41H75N11O2. The maximum absolute atomic E-state index is 13.8. The van der Waals surface area contributed by atoms with E-state index in [-0.39, 0.29) is 60.4 Å². The Morgan fingerprint density at radius 3 is 1.04 bits per heavy atom. The zero-order valence-electron chi connectivity index (χ0n) is 37.0. The molecule has 0 atom stereocenters. The number of amidine groups is 2. The van der Waals surface area contributed by atoms with Crippen LogP contribution in [0.25, 0.3) is 0 Å². The van der Waals surface area contributed by atoms with Crippen LogP contribution in [0.3, 0.4) is 0 Å². The zero-order valence-corrected chi connectivity index (χ0v) is 37.0. The summed E-state index contributed by atoms with van der Waals surface area (Å²) in [6, 6.07) is 5.25. The summed E-state index contributed by atoms with van der Waals surface area (Å²) < 4.78 is 0. The monoisotopic (exact) mass is 754 g/mol. The minimum Gasteiger partial charge on any atom is -0.337 e. The smallest absolute Gasteiger partial charge is 0.324 e. The molecule has 0 bridgehead atoms. The first-order valence-corrected chi connectivity index (χ1v) is 20.2. The number of hydrogen-bond acceptors (Lipinski definition) is 5. The third-order valence-electron chi connectivity index (χ3n) is 8.45. The summed E-state index contributed by atoms with van der Waals surface area (Å²) in [4.78, 5) is 60.4. The number of carbonyl (C=O) groups is 2. The molecule has 13 nitrogen and oxygen atoms in total. The molecule has 0 radical (unpaired) electrons. The van der Waals surface area contributed by atoms with Gasteiger partial charge in [0.2, 0.25) is 11.9 Å². The summed E-state index contributed by atoms with van der Waals surface area (Å²) in [5.74, 6) is 1.60. The van der Waals surface area contributed by atoms with Crippen LogP contribution in [-0.2, 0) is 0 Å². The molecule has 306 valence electrons. The van der Waals surface area contributed by atoms with Gasteiger partial charge in [-0.2, -0.15) is 9.98 Å². The normalized spacial score (nSPS) is 13.4. The summed E-state index contributed by atoms with van der Waals surface area (Å²) in [5.41, 5.74) is 1.04. The summed E-state index contributed by atoms with van der Waals surface area (Å²) in [5, 5.41) is 6.29.